The summed E-state index contributed by atoms with van der Waals surface area (Å²) in [5, 5.41) is 7.76. The zero-order chi connectivity index (χ0) is 16.9. The lowest BCUT2D eigenvalue weighted by molar-refractivity contribution is -0.135. The minimum absolute atomic E-state index is 0.335. The Labute approximate surface area is 149 Å². The van der Waals surface area contributed by atoms with Gasteiger partial charge < -0.3 is 20.3 Å². The second kappa shape index (κ2) is 8.26. The third-order valence-electron chi connectivity index (χ3n) is 5.27. The summed E-state index contributed by atoms with van der Waals surface area (Å²) in [4.78, 5) is 14.3. The van der Waals surface area contributed by atoms with Crippen LogP contribution in [0.4, 0.5) is 0 Å². The lowest BCUT2D eigenvalue weighted by Gasteiger charge is -2.39. The fourth-order valence-corrected chi connectivity index (χ4v) is 4.14. The summed E-state index contributed by atoms with van der Waals surface area (Å²) >= 11 is 6.08. The van der Waals surface area contributed by atoms with E-state index < -0.39 is 0 Å². The molecule has 6 heteroatoms. The Kier molecular flexibility index (Phi) is 6.06. The van der Waals surface area contributed by atoms with Crippen molar-refractivity contribution in [1.82, 2.24) is 15.5 Å². The number of piperidine rings is 1. The molecule has 1 aliphatic carbocycles. The number of hydrogen-bond donors (Lipinski definition) is 2. The quantitative estimate of drug-likeness (QED) is 0.760. The number of carbonyl (C=O) groups excluding carboxylic acids is 1. The van der Waals surface area contributed by atoms with Crippen molar-refractivity contribution in [3.05, 3.63) is 22.5 Å². The van der Waals surface area contributed by atoms with Gasteiger partial charge >= 0.3 is 5.97 Å². The van der Waals surface area contributed by atoms with E-state index in [2.05, 4.69) is 15.5 Å². The monoisotopic (exact) mass is 353 g/mol. The topological polar surface area (TPSA) is 53.6 Å². The van der Waals surface area contributed by atoms with Crippen molar-refractivity contribution in [1.29, 1.82) is 0 Å². The minimum atomic E-state index is -0.335. The van der Waals surface area contributed by atoms with Gasteiger partial charge in [0.15, 0.2) is 0 Å². The third kappa shape index (κ3) is 4.25. The Morgan fingerprint density at radius 1 is 1.21 bits per heavy atom. The van der Waals surface area contributed by atoms with E-state index in [9.17, 15) is 4.79 Å². The van der Waals surface area contributed by atoms with Gasteiger partial charge in [0, 0.05) is 30.2 Å². The van der Waals surface area contributed by atoms with Crippen LogP contribution in [0.1, 0.15) is 44.9 Å². The second-order valence-electron chi connectivity index (χ2n) is 6.96. The minimum Gasteiger partial charge on any atom is -0.465 e. The zero-order valence-corrected chi connectivity index (χ0v) is 15.2. The van der Waals surface area contributed by atoms with Gasteiger partial charge in [0.25, 0.3) is 0 Å². The van der Waals surface area contributed by atoms with Gasteiger partial charge in [-0.2, -0.15) is 0 Å². The largest absolute Gasteiger partial charge is 0.465 e. The fourth-order valence-electron chi connectivity index (χ4n) is 3.96. The lowest BCUT2D eigenvalue weighted by atomic mass is 9.93. The van der Waals surface area contributed by atoms with E-state index in [1.165, 1.54) is 39.2 Å². The summed E-state index contributed by atoms with van der Waals surface area (Å²) in [5.74, 6) is 0.528. The van der Waals surface area contributed by atoms with Crippen molar-refractivity contribution in [3.63, 3.8) is 0 Å². The highest BCUT2D eigenvalue weighted by Gasteiger charge is 2.28. The number of nitrogens with one attached hydrogen (secondary N) is 2. The Morgan fingerprint density at radius 2 is 1.88 bits per heavy atom. The number of esters is 1. The standard InChI is InChI=1S/C18H28ClN3O2/c1-24-18(23)16-11-13(19)12-20-17(16)22-9-7-15(8-10-22)21-14-5-3-2-4-6-14/h11,14-15,20-21H,2-10,12H2,1H3. The van der Waals surface area contributed by atoms with Crippen LogP contribution in [0.25, 0.3) is 0 Å². The molecule has 0 unspecified atom stereocenters. The first-order chi connectivity index (χ1) is 11.7. The molecule has 0 aromatic heterocycles. The first-order valence-electron chi connectivity index (χ1n) is 9.11. The van der Waals surface area contributed by atoms with Crippen LogP contribution in [0, 0.1) is 0 Å². The van der Waals surface area contributed by atoms with Crippen LogP contribution in [-0.4, -0.2) is 49.7 Å². The van der Waals surface area contributed by atoms with Gasteiger partial charge in [-0.1, -0.05) is 30.9 Å². The van der Waals surface area contributed by atoms with Crippen molar-refractivity contribution >= 4 is 17.6 Å². The summed E-state index contributed by atoms with van der Waals surface area (Å²) in [6.07, 6.45) is 10.7. The summed E-state index contributed by atoms with van der Waals surface area (Å²) in [6, 6.07) is 1.30. The van der Waals surface area contributed by atoms with E-state index in [1.807, 2.05) is 0 Å². The molecule has 3 aliphatic rings. The lowest BCUT2D eigenvalue weighted by Crippen LogP contribution is -2.48. The van der Waals surface area contributed by atoms with Gasteiger partial charge in [0.2, 0.25) is 0 Å². The molecule has 2 aliphatic heterocycles. The highest BCUT2D eigenvalue weighted by molar-refractivity contribution is 6.30. The number of carbonyl (C=O) groups is 1. The molecule has 0 spiro atoms. The molecule has 2 fully saturated rings. The average molecular weight is 354 g/mol. The van der Waals surface area contributed by atoms with Crippen molar-refractivity contribution in [3.8, 4) is 0 Å². The molecule has 0 aromatic rings. The number of methoxy groups -OCH3 is 1. The number of nitrogens with zero attached hydrogens (tertiary/aromatic N) is 1. The SMILES string of the molecule is COC(=O)C1=C(N2CCC(NC3CCCCC3)CC2)NCC(Cl)=C1. The summed E-state index contributed by atoms with van der Waals surface area (Å²) in [7, 11) is 1.41. The smallest absolute Gasteiger partial charge is 0.341 e. The van der Waals surface area contributed by atoms with E-state index >= 15 is 0 Å². The van der Waals surface area contributed by atoms with Gasteiger partial charge in [-0.3, -0.25) is 0 Å². The number of hydrogen-bond acceptors (Lipinski definition) is 5. The Hall–Kier alpha value is -1.20. The molecule has 24 heavy (non-hydrogen) atoms. The number of halogens is 1. The Balaban J connectivity index is 1.59. The molecule has 1 saturated carbocycles. The molecule has 2 heterocycles. The molecule has 0 radical (unpaired) electrons. The van der Waals surface area contributed by atoms with Gasteiger partial charge in [-0.15, -0.1) is 0 Å². The molecule has 0 amide bonds. The van der Waals surface area contributed by atoms with Crippen LogP contribution < -0.4 is 10.6 Å². The summed E-state index contributed by atoms with van der Waals surface area (Å²) in [5.41, 5.74) is 0.535. The molecule has 3 rings (SSSR count). The molecular formula is C18H28ClN3O2. The van der Waals surface area contributed by atoms with Crippen molar-refractivity contribution in [2.75, 3.05) is 26.7 Å². The van der Waals surface area contributed by atoms with Gasteiger partial charge in [0.05, 0.1) is 13.7 Å². The van der Waals surface area contributed by atoms with Crippen LogP contribution in [0.2, 0.25) is 0 Å². The molecule has 1 saturated heterocycles. The third-order valence-corrected chi connectivity index (χ3v) is 5.52. The van der Waals surface area contributed by atoms with E-state index in [0.29, 0.717) is 29.2 Å². The van der Waals surface area contributed by atoms with Gasteiger partial charge in [-0.25, -0.2) is 4.79 Å². The Bertz CT molecular complexity index is 518. The van der Waals surface area contributed by atoms with Crippen molar-refractivity contribution in [2.45, 2.75) is 57.0 Å². The molecule has 5 nitrogen and oxygen atoms in total. The van der Waals surface area contributed by atoms with Crippen LogP contribution in [-0.2, 0) is 9.53 Å². The number of dihydropyridines is 1. The average Bonchev–Trinajstić information content (AvgIpc) is 2.62. The second-order valence-corrected chi connectivity index (χ2v) is 7.45. The molecule has 2 N–H and O–H groups in total. The molecule has 134 valence electrons. The fraction of sp³-hybridized carbons (Fsp3) is 0.722. The van der Waals surface area contributed by atoms with E-state index in [4.69, 9.17) is 16.3 Å². The van der Waals surface area contributed by atoms with E-state index in [1.54, 1.807) is 6.08 Å². The Morgan fingerprint density at radius 3 is 2.54 bits per heavy atom. The first kappa shape index (κ1) is 17.6. The maximum Gasteiger partial charge on any atom is 0.341 e. The van der Waals surface area contributed by atoms with Crippen molar-refractivity contribution in [2.24, 2.45) is 0 Å². The van der Waals surface area contributed by atoms with Gasteiger partial charge in [-0.05, 0) is 31.8 Å². The molecule has 0 aromatic carbocycles. The number of likely N-dealkylation sites (tertiary alicyclic amines) is 1. The summed E-state index contributed by atoms with van der Waals surface area (Å²) in [6.45, 7) is 2.45. The molecule has 0 atom stereocenters. The van der Waals surface area contributed by atoms with E-state index in [0.717, 1.165) is 31.8 Å². The van der Waals surface area contributed by atoms with Crippen LogP contribution in [0.5, 0.6) is 0 Å². The molecule has 0 bridgehead atoms. The summed E-state index contributed by atoms with van der Waals surface area (Å²) < 4.78 is 4.90. The van der Waals surface area contributed by atoms with Crippen LogP contribution in [0.3, 0.4) is 0 Å². The highest BCUT2D eigenvalue weighted by Crippen LogP contribution is 2.24. The maximum atomic E-state index is 12.0. The van der Waals surface area contributed by atoms with Crippen LogP contribution in [0.15, 0.2) is 22.5 Å². The predicted octanol–water partition coefficient (Wildman–Crippen LogP) is 2.48. The zero-order valence-electron chi connectivity index (χ0n) is 14.4. The highest BCUT2D eigenvalue weighted by atomic mass is 35.5. The van der Waals surface area contributed by atoms with Gasteiger partial charge in [0.1, 0.15) is 11.4 Å². The number of ether oxygens (including phenoxy) is 1. The van der Waals surface area contributed by atoms with Crippen LogP contribution >= 0.6 is 11.6 Å². The number of rotatable bonds is 4. The normalized spacial score (nSPS) is 23.8. The first-order valence-corrected chi connectivity index (χ1v) is 9.48. The van der Waals surface area contributed by atoms with E-state index in [-0.39, 0.29) is 5.97 Å². The maximum absolute atomic E-state index is 12.0. The molecular weight excluding hydrogens is 326 g/mol. The van der Waals surface area contributed by atoms with Crippen molar-refractivity contribution < 1.29 is 9.53 Å². The predicted molar refractivity (Wildman–Crippen MR) is 95.6 cm³/mol.